The number of pyridine rings is 1. The Morgan fingerprint density at radius 2 is 2.25 bits per heavy atom. The van der Waals surface area contributed by atoms with Gasteiger partial charge in [-0.15, -0.1) is 6.58 Å². The molecule has 104 valence electrons. The number of carbonyl (C=O) groups is 1. The second kappa shape index (κ2) is 6.82. The Balaban J connectivity index is 2.44. The number of fused-ring (bicyclic) bond motifs is 1. The molecule has 0 saturated heterocycles. The van der Waals surface area contributed by atoms with E-state index in [0.29, 0.717) is 13.2 Å². The summed E-state index contributed by atoms with van der Waals surface area (Å²) in [4.78, 5) is 16.5. The maximum absolute atomic E-state index is 12.1. The van der Waals surface area contributed by atoms with E-state index in [1.807, 2.05) is 30.3 Å². The number of hydrogen-bond acceptors (Lipinski definition) is 4. The van der Waals surface area contributed by atoms with Crippen LogP contribution in [0.4, 0.5) is 0 Å². The van der Waals surface area contributed by atoms with Crippen molar-refractivity contribution in [3.63, 3.8) is 0 Å². The number of nitrogens with one attached hydrogen (secondary N) is 1. The normalized spacial score (nSPS) is 12.1. The van der Waals surface area contributed by atoms with Gasteiger partial charge in [0.05, 0.1) is 12.1 Å². The summed E-state index contributed by atoms with van der Waals surface area (Å²) in [5, 5.41) is 4.13. The lowest BCUT2D eigenvalue weighted by Gasteiger charge is -2.18. The zero-order valence-corrected chi connectivity index (χ0v) is 11.5. The maximum atomic E-state index is 12.1. The smallest absolute Gasteiger partial charge is 0.327 e. The minimum absolute atomic E-state index is 0.299. The van der Waals surface area contributed by atoms with E-state index in [0.717, 1.165) is 16.5 Å². The number of benzene rings is 1. The fraction of sp³-hybridized carbons (Fsp3) is 0.250. The fourth-order valence-corrected chi connectivity index (χ4v) is 2.11. The minimum atomic E-state index is -0.536. The zero-order valence-electron chi connectivity index (χ0n) is 11.5. The van der Waals surface area contributed by atoms with Crippen molar-refractivity contribution in [1.82, 2.24) is 10.3 Å². The number of para-hydroxylation sites is 1. The van der Waals surface area contributed by atoms with Gasteiger partial charge in [-0.2, -0.15) is 0 Å². The molecule has 2 aromatic rings. The van der Waals surface area contributed by atoms with Crippen molar-refractivity contribution in [3.05, 3.63) is 54.7 Å². The zero-order chi connectivity index (χ0) is 14.4. The van der Waals surface area contributed by atoms with E-state index < -0.39 is 6.04 Å². The molecule has 0 aliphatic carbocycles. The third kappa shape index (κ3) is 3.03. The third-order valence-corrected chi connectivity index (χ3v) is 2.96. The van der Waals surface area contributed by atoms with E-state index in [2.05, 4.69) is 16.9 Å². The number of aromatic nitrogens is 1. The molecule has 0 bridgehead atoms. The molecular formula is C16H18N2O2. The summed E-state index contributed by atoms with van der Waals surface area (Å²) in [5.74, 6) is -0.299. The van der Waals surface area contributed by atoms with Gasteiger partial charge in [0.25, 0.3) is 0 Å². The average Bonchev–Trinajstić information content (AvgIpc) is 2.48. The SMILES string of the molecule is C=CCNC(C(=O)OCC)c1cccc2cccnc12. The maximum Gasteiger partial charge on any atom is 0.327 e. The monoisotopic (exact) mass is 270 g/mol. The highest BCUT2D eigenvalue weighted by atomic mass is 16.5. The molecule has 1 aromatic carbocycles. The van der Waals surface area contributed by atoms with Gasteiger partial charge in [-0.1, -0.05) is 30.3 Å². The van der Waals surface area contributed by atoms with Gasteiger partial charge in [0.2, 0.25) is 0 Å². The first kappa shape index (κ1) is 14.2. The van der Waals surface area contributed by atoms with Crippen LogP contribution in [-0.2, 0) is 9.53 Å². The Kier molecular flexibility index (Phi) is 4.85. The summed E-state index contributed by atoms with van der Waals surface area (Å²) < 4.78 is 5.14. The van der Waals surface area contributed by atoms with Crippen LogP contribution in [0.3, 0.4) is 0 Å². The Morgan fingerprint density at radius 3 is 3.00 bits per heavy atom. The minimum Gasteiger partial charge on any atom is -0.465 e. The molecule has 0 amide bonds. The highest BCUT2D eigenvalue weighted by Crippen LogP contribution is 2.23. The molecule has 1 atom stereocenters. The van der Waals surface area contributed by atoms with E-state index in [9.17, 15) is 4.79 Å². The molecule has 0 aliphatic heterocycles. The van der Waals surface area contributed by atoms with Crippen LogP contribution < -0.4 is 5.32 Å². The van der Waals surface area contributed by atoms with Gasteiger partial charge in [-0.3, -0.25) is 10.3 Å². The van der Waals surface area contributed by atoms with Crippen LogP contribution >= 0.6 is 0 Å². The molecule has 1 heterocycles. The Hall–Kier alpha value is -2.20. The molecule has 2 rings (SSSR count). The molecular weight excluding hydrogens is 252 g/mol. The first-order valence-electron chi connectivity index (χ1n) is 6.62. The average molecular weight is 270 g/mol. The molecule has 0 aliphatic rings. The summed E-state index contributed by atoms with van der Waals surface area (Å²) in [6.07, 6.45) is 3.44. The largest absolute Gasteiger partial charge is 0.465 e. The molecule has 20 heavy (non-hydrogen) atoms. The van der Waals surface area contributed by atoms with Gasteiger partial charge in [0, 0.05) is 23.7 Å². The molecule has 4 nitrogen and oxygen atoms in total. The number of hydrogen-bond donors (Lipinski definition) is 1. The second-order valence-electron chi connectivity index (χ2n) is 4.30. The van der Waals surface area contributed by atoms with Crippen LogP contribution in [0.1, 0.15) is 18.5 Å². The van der Waals surface area contributed by atoms with Crippen molar-refractivity contribution >= 4 is 16.9 Å². The summed E-state index contributed by atoms with van der Waals surface area (Å²) in [5.41, 5.74) is 1.63. The quantitative estimate of drug-likeness (QED) is 0.647. The molecule has 4 heteroatoms. The van der Waals surface area contributed by atoms with Gasteiger partial charge in [-0.05, 0) is 13.0 Å². The van der Waals surface area contributed by atoms with Crippen LogP contribution in [0.15, 0.2) is 49.2 Å². The lowest BCUT2D eigenvalue weighted by molar-refractivity contribution is -0.145. The van der Waals surface area contributed by atoms with Crippen molar-refractivity contribution in [3.8, 4) is 0 Å². The van der Waals surface area contributed by atoms with Crippen LogP contribution in [0.2, 0.25) is 0 Å². The Bertz CT molecular complexity index is 605. The lowest BCUT2D eigenvalue weighted by Crippen LogP contribution is -2.30. The highest BCUT2D eigenvalue weighted by Gasteiger charge is 2.23. The Morgan fingerprint density at radius 1 is 1.45 bits per heavy atom. The first-order valence-corrected chi connectivity index (χ1v) is 6.62. The lowest BCUT2D eigenvalue weighted by atomic mass is 10.0. The van der Waals surface area contributed by atoms with Crippen molar-refractivity contribution in [2.45, 2.75) is 13.0 Å². The highest BCUT2D eigenvalue weighted by molar-refractivity contribution is 5.88. The first-order chi connectivity index (χ1) is 9.77. The summed E-state index contributed by atoms with van der Waals surface area (Å²) in [7, 11) is 0. The number of ether oxygens (including phenoxy) is 1. The van der Waals surface area contributed by atoms with Crippen LogP contribution in [0.5, 0.6) is 0 Å². The number of nitrogens with zero attached hydrogens (tertiary/aromatic N) is 1. The fourth-order valence-electron chi connectivity index (χ4n) is 2.11. The van der Waals surface area contributed by atoms with Crippen LogP contribution in [0, 0.1) is 0 Å². The van der Waals surface area contributed by atoms with E-state index in [1.54, 1.807) is 19.2 Å². The van der Waals surface area contributed by atoms with Crippen molar-refractivity contribution in [1.29, 1.82) is 0 Å². The van der Waals surface area contributed by atoms with Crippen LogP contribution in [-0.4, -0.2) is 24.1 Å². The van der Waals surface area contributed by atoms with Crippen molar-refractivity contribution < 1.29 is 9.53 Å². The third-order valence-electron chi connectivity index (χ3n) is 2.96. The van der Waals surface area contributed by atoms with Gasteiger partial charge >= 0.3 is 5.97 Å². The second-order valence-corrected chi connectivity index (χ2v) is 4.30. The van der Waals surface area contributed by atoms with Gasteiger partial charge < -0.3 is 4.74 Å². The van der Waals surface area contributed by atoms with Crippen molar-refractivity contribution in [2.24, 2.45) is 0 Å². The Labute approximate surface area is 118 Å². The summed E-state index contributed by atoms with van der Waals surface area (Å²) >= 11 is 0. The van der Waals surface area contributed by atoms with Crippen LogP contribution in [0.25, 0.3) is 10.9 Å². The summed E-state index contributed by atoms with van der Waals surface area (Å²) in [6, 6.07) is 9.10. The van der Waals surface area contributed by atoms with E-state index in [4.69, 9.17) is 4.74 Å². The number of esters is 1. The predicted molar refractivity (Wildman–Crippen MR) is 79.3 cm³/mol. The molecule has 0 spiro atoms. The van der Waals surface area contributed by atoms with E-state index in [-0.39, 0.29) is 5.97 Å². The van der Waals surface area contributed by atoms with E-state index >= 15 is 0 Å². The van der Waals surface area contributed by atoms with Gasteiger partial charge in [-0.25, -0.2) is 4.79 Å². The molecule has 1 N–H and O–H groups in total. The number of carbonyl (C=O) groups excluding carboxylic acids is 1. The molecule has 1 aromatic heterocycles. The standard InChI is InChI=1S/C16H18N2O2/c1-3-10-17-15(16(19)20-4-2)13-9-5-7-12-8-6-11-18-14(12)13/h3,5-9,11,15,17H,1,4,10H2,2H3. The van der Waals surface area contributed by atoms with Gasteiger partial charge in [0.15, 0.2) is 0 Å². The predicted octanol–water partition coefficient (Wildman–Crippen LogP) is 2.61. The molecule has 0 fully saturated rings. The van der Waals surface area contributed by atoms with Crippen molar-refractivity contribution in [2.75, 3.05) is 13.2 Å². The molecule has 0 radical (unpaired) electrons. The topological polar surface area (TPSA) is 51.2 Å². The van der Waals surface area contributed by atoms with Gasteiger partial charge in [0.1, 0.15) is 6.04 Å². The van der Waals surface area contributed by atoms with E-state index in [1.165, 1.54) is 0 Å². The molecule has 1 unspecified atom stereocenters. The number of rotatable bonds is 6. The molecule has 0 saturated carbocycles. The summed E-state index contributed by atoms with van der Waals surface area (Å²) in [6.45, 7) is 6.33.